The second-order valence-electron chi connectivity index (χ2n) is 5.35. The fourth-order valence-electron chi connectivity index (χ4n) is 2.41. The molecule has 1 aliphatic heterocycles. The van der Waals surface area contributed by atoms with E-state index in [0.717, 1.165) is 4.90 Å². The van der Waals surface area contributed by atoms with Gasteiger partial charge in [-0.1, -0.05) is 0 Å². The van der Waals surface area contributed by atoms with Crippen LogP contribution in [0.4, 0.5) is 26.3 Å². The van der Waals surface area contributed by atoms with Crippen molar-refractivity contribution in [2.45, 2.75) is 31.2 Å². The molecule has 0 aromatic carbocycles. The monoisotopic (exact) mass is 360 g/mol. The Bertz CT molecular complexity index is 375. The number of hydrogen-bond donors (Lipinski definition) is 2. The minimum atomic E-state index is -4.48. The van der Waals surface area contributed by atoms with Crippen molar-refractivity contribution in [2.75, 3.05) is 33.2 Å². The standard InChI is InChI=1S/C10H16F6N2.H3O3P/c1-8(5-9(11,12)13)6-17(2)3-4-18(8)7-10(14,15)16;1-4(2)3/h3-7H2,1-2H3;4H,(H2,1,2,3). The molecule has 1 unspecified atom stereocenters. The average molecular weight is 360 g/mol. The Hall–Kier alpha value is -0.350. The highest BCUT2D eigenvalue weighted by Gasteiger charge is 2.48. The summed E-state index contributed by atoms with van der Waals surface area (Å²) < 4.78 is 83.3. The Morgan fingerprint density at radius 3 is 1.91 bits per heavy atom. The van der Waals surface area contributed by atoms with Crippen LogP contribution in [-0.4, -0.2) is 70.7 Å². The molecule has 12 heteroatoms. The van der Waals surface area contributed by atoms with Crippen molar-refractivity contribution in [3.05, 3.63) is 0 Å². The van der Waals surface area contributed by atoms with E-state index in [1.54, 1.807) is 11.9 Å². The van der Waals surface area contributed by atoms with E-state index in [4.69, 9.17) is 14.4 Å². The van der Waals surface area contributed by atoms with Crippen LogP contribution in [0.3, 0.4) is 0 Å². The summed E-state index contributed by atoms with van der Waals surface area (Å²) in [5.74, 6) is 0. The van der Waals surface area contributed by atoms with Crippen LogP contribution in [0.25, 0.3) is 0 Å². The van der Waals surface area contributed by atoms with E-state index in [9.17, 15) is 26.3 Å². The lowest BCUT2D eigenvalue weighted by Crippen LogP contribution is -2.62. The Morgan fingerprint density at radius 1 is 1.09 bits per heavy atom. The first-order valence-corrected chi connectivity index (χ1v) is 7.44. The molecule has 0 radical (unpaired) electrons. The number of piperazine rings is 1. The molecule has 0 saturated carbocycles. The molecule has 5 nitrogen and oxygen atoms in total. The van der Waals surface area contributed by atoms with Crippen LogP contribution >= 0.6 is 8.25 Å². The maximum absolute atomic E-state index is 12.5. The second kappa shape index (κ2) is 7.96. The van der Waals surface area contributed by atoms with Gasteiger partial charge in [0.25, 0.3) is 0 Å². The van der Waals surface area contributed by atoms with Crippen molar-refractivity contribution >= 4 is 8.25 Å². The summed E-state index contributed by atoms with van der Waals surface area (Å²) in [6, 6.07) is 0. The number of rotatable bonds is 2. The molecule has 1 rings (SSSR count). The number of likely N-dealkylation sites (N-methyl/N-ethyl adjacent to an activating group) is 1. The van der Waals surface area contributed by atoms with Gasteiger partial charge in [0, 0.05) is 25.2 Å². The van der Waals surface area contributed by atoms with Crippen molar-refractivity contribution in [3.8, 4) is 0 Å². The van der Waals surface area contributed by atoms with E-state index in [-0.39, 0.29) is 13.1 Å². The Balaban J connectivity index is 0.000000980. The van der Waals surface area contributed by atoms with Crippen LogP contribution in [0.2, 0.25) is 0 Å². The van der Waals surface area contributed by atoms with Gasteiger partial charge >= 0.3 is 20.6 Å². The fourth-order valence-corrected chi connectivity index (χ4v) is 2.41. The van der Waals surface area contributed by atoms with E-state index in [0.29, 0.717) is 6.54 Å². The van der Waals surface area contributed by atoms with Crippen molar-refractivity contribution in [1.82, 2.24) is 9.80 Å². The highest BCUT2D eigenvalue weighted by atomic mass is 31.1. The van der Waals surface area contributed by atoms with E-state index >= 15 is 0 Å². The van der Waals surface area contributed by atoms with Crippen LogP contribution < -0.4 is 0 Å². The normalized spacial score (nSPS) is 25.0. The molecule has 0 aromatic heterocycles. The Labute approximate surface area is 124 Å². The van der Waals surface area contributed by atoms with Gasteiger partial charge < -0.3 is 14.7 Å². The summed E-state index contributed by atoms with van der Waals surface area (Å²) in [4.78, 5) is 16.8. The topological polar surface area (TPSA) is 64.0 Å². The van der Waals surface area contributed by atoms with Gasteiger partial charge in [0.05, 0.1) is 13.0 Å². The minimum Gasteiger partial charge on any atom is -0.326 e. The molecule has 1 heterocycles. The molecule has 2 N–H and O–H groups in total. The van der Waals surface area contributed by atoms with Gasteiger partial charge in [-0.3, -0.25) is 9.46 Å². The Morgan fingerprint density at radius 2 is 1.55 bits per heavy atom. The van der Waals surface area contributed by atoms with Gasteiger partial charge in [0.1, 0.15) is 0 Å². The highest BCUT2D eigenvalue weighted by Crippen LogP contribution is 2.35. The Kier molecular flexibility index (Phi) is 7.83. The van der Waals surface area contributed by atoms with Gasteiger partial charge in [0.15, 0.2) is 0 Å². The van der Waals surface area contributed by atoms with Crippen molar-refractivity contribution < 1.29 is 40.7 Å². The lowest BCUT2D eigenvalue weighted by Gasteiger charge is -2.48. The zero-order valence-corrected chi connectivity index (χ0v) is 13.0. The molecule has 1 saturated heterocycles. The molecule has 1 fully saturated rings. The van der Waals surface area contributed by atoms with Crippen LogP contribution in [0, 0.1) is 0 Å². The summed E-state index contributed by atoms with van der Waals surface area (Å²) in [5.41, 5.74) is -1.53. The highest BCUT2D eigenvalue weighted by molar-refractivity contribution is 7.30. The van der Waals surface area contributed by atoms with E-state index in [2.05, 4.69) is 0 Å². The largest absolute Gasteiger partial charge is 0.401 e. The molecular weight excluding hydrogens is 341 g/mol. The van der Waals surface area contributed by atoms with E-state index < -0.39 is 39.1 Å². The average Bonchev–Trinajstić information content (AvgIpc) is 2.16. The van der Waals surface area contributed by atoms with Gasteiger partial charge in [-0.15, -0.1) is 0 Å². The van der Waals surface area contributed by atoms with Crippen molar-refractivity contribution in [1.29, 1.82) is 0 Å². The van der Waals surface area contributed by atoms with Gasteiger partial charge in [-0.05, 0) is 14.0 Å². The number of halogens is 6. The SMILES string of the molecule is CN1CCN(CC(F)(F)F)C(C)(CC(F)(F)F)C1.O=[PH](O)O. The third-order valence-electron chi connectivity index (χ3n) is 3.08. The maximum atomic E-state index is 12.5. The van der Waals surface area contributed by atoms with Gasteiger partial charge in [-0.2, -0.15) is 26.3 Å². The van der Waals surface area contributed by atoms with Crippen LogP contribution in [-0.2, 0) is 4.57 Å². The maximum Gasteiger partial charge on any atom is 0.401 e. The van der Waals surface area contributed by atoms with Gasteiger partial charge in [-0.25, -0.2) is 0 Å². The first-order valence-electron chi connectivity index (χ1n) is 6.14. The number of hydrogen-bond acceptors (Lipinski definition) is 3. The van der Waals surface area contributed by atoms with Crippen LogP contribution in [0.15, 0.2) is 0 Å². The smallest absolute Gasteiger partial charge is 0.326 e. The predicted molar refractivity (Wildman–Crippen MR) is 67.6 cm³/mol. The van der Waals surface area contributed by atoms with Crippen molar-refractivity contribution in [2.24, 2.45) is 0 Å². The molecule has 22 heavy (non-hydrogen) atoms. The second-order valence-corrected chi connectivity index (χ2v) is 5.91. The first-order chi connectivity index (χ1) is 9.65. The molecule has 0 aliphatic carbocycles. The third-order valence-corrected chi connectivity index (χ3v) is 3.08. The van der Waals surface area contributed by atoms with Gasteiger partial charge in [0.2, 0.25) is 0 Å². The summed E-state index contributed by atoms with van der Waals surface area (Å²) in [7, 11) is -1.52. The van der Waals surface area contributed by atoms with Crippen LogP contribution in [0.1, 0.15) is 13.3 Å². The first kappa shape index (κ1) is 21.6. The van der Waals surface area contributed by atoms with E-state index in [1.807, 2.05) is 0 Å². The zero-order valence-electron chi connectivity index (χ0n) is 12.0. The number of nitrogens with zero attached hydrogens (tertiary/aromatic N) is 2. The lowest BCUT2D eigenvalue weighted by molar-refractivity contribution is -0.197. The lowest BCUT2D eigenvalue weighted by atomic mass is 9.92. The molecule has 0 bridgehead atoms. The molecule has 1 aliphatic rings. The molecular formula is C10H19F6N2O3P. The quantitative estimate of drug-likeness (QED) is 0.582. The van der Waals surface area contributed by atoms with E-state index in [1.165, 1.54) is 6.92 Å². The summed E-state index contributed by atoms with van der Waals surface area (Å²) in [6.07, 6.45) is -10.2. The molecule has 134 valence electrons. The van der Waals surface area contributed by atoms with Crippen LogP contribution in [0.5, 0.6) is 0 Å². The number of alkyl halides is 6. The zero-order chi connectivity index (χ0) is 17.8. The predicted octanol–water partition coefficient (Wildman–Crippen LogP) is 1.87. The summed E-state index contributed by atoms with van der Waals surface area (Å²) in [6.45, 7) is 0.240. The van der Waals surface area contributed by atoms with Crippen molar-refractivity contribution in [3.63, 3.8) is 0 Å². The molecule has 0 spiro atoms. The third kappa shape index (κ3) is 9.62. The minimum absolute atomic E-state index is 0.0113. The molecule has 0 amide bonds. The molecule has 0 aromatic rings. The molecule has 1 atom stereocenters. The summed E-state index contributed by atoms with van der Waals surface area (Å²) in [5, 5.41) is 0. The summed E-state index contributed by atoms with van der Waals surface area (Å²) >= 11 is 0. The fraction of sp³-hybridized carbons (Fsp3) is 1.00.